The van der Waals surface area contributed by atoms with E-state index in [1.807, 2.05) is 30.0 Å². The van der Waals surface area contributed by atoms with Crippen LogP contribution in [0.25, 0.3) is 11.0 Å². The van der Waals surface area contributed by atoms with Gasteiger partial charge < -0.3 is 14.5 Å². The quantitative estimate of drug-likeness (QED) is 0.614. The van der Waals surface area contributed by atoms with Gasteiger partial charge in [-0.05, 0) is 23.6 Å². The van der Waals surface area contributed by atoms with Gasteiger partial charge in [0.05, 0.1) is 19.8 Å². The highest BCUT2D eigenvalue weighted by Gasteiger charge is 2.11. The summed E-state index contributed by atoms with van der Waals surface area (Å²) in [6.45, 7) is 0.679. The molecular weight excluding hydrogens is 342 g/mol. The van der Waals surface area contributed by atoms with Crippen LogP contribution in [-0.2, 0) is 17.0 Å². The normalized spacial score (nSPS) is 10.9. The number of nitrogens with one attached hydrogen (secondary N) is 1. The first-order valence-corrected chi connectivity index (χ1v) is 9.70. The predicted octanol–water partition coefficient (Wildman–Crippen LogP) is 4.10. The SMILES string of the molecule is COc1ccc2c(CC(=O)NCCSCc3cccs3)coc2c1. The lowest BCUT2D eigenvalue weighted by Gasteiger charge is -2.04. The zero-order valence-corrected chi connectivity index (χ0v) is 15.0. The molecule has 0 radical (unpaired) electrons. The molecule has 3 aromatic rings. The Labute approximate surface area is 149 Å². The molecule has 0 spiro atoms. The molecule has 4 nitrogen and oxygen atoms in total. The minimum absolute atomic E-state index is 0.0187. The van der Waals surface area contributed by atoms with Crippen LogP contribution in [0.3, 0.4) is 0 Å². The number of carbonyl (C=O) groups excluding carboxylic acids is 1. The fourth-order valence-electron chi connectivity index (χ4n) is 2.39. The number of furan rings is 1. The lowest BCUT2D eigenvalue weighted by Crippen LogP contribution is -2.27. The van der Waals surface area contributed by atoms with E-state index in [-0.39, 0.29) is 5.91 Å². The van der Waals surface area contributed by atoms with Crippen molar-refractivity contribution in [3.05, 3.63) is 52.4 Å². The molecule has 0 atom stereocenters. The van der Waals surface area contributed by atoms with Crippen molar-refractivity contribution in [1.29, 1.82) is 0 Å². The smallest absolute Gasteiger partial charge is 0.224 e. The average Bonchev–Trinajstić information content (AvgIpc) is 3.24. The number of methoxy groups -OCH3 is 1. The average molecular weight is 361 g/mol. The van der Waals surface area contributed by atoms with Gasteiger partial charge in [0.1, 0.15) is 11.3 Å². The number of ether oxygens (including phenoxy) is 1. The van der Waals surface area contributed by atoms with Gasteiger partial charge in [-0.15, -0.1) is 11.3 Å². The second-order valence-electron chi connectivity index (χ2n) is 5.28. The molecule has 0 aliphatic heterocycles. The minimum Gasteiger partial charge on any atom is -0.497 e. The number of fused-ring (bicyclic) bond motifs is 1. The first kappa shape index (κ1) is 16.9. The molecule has 126 valence electrons. The number of thiophene rings is 1. The highest BCUT2D eigenvalue weighted by molar-refractivity contribution is 7.98. The topological polar surface area (TPSA) is 51.5 Å². The van der Waals surface area contributed by atoms with Crippen molar-refractivity contribution in [3.8, 4) is 5.75 Å². The van der Waals surface area contributed by atoms with E-state index in [1.165, 1.54) is 4.88 Å². The van der Waals surface area contributed by atoms with E-state index < -0.39 is 0 Å². The van der Waals surface area contributed by atoms with Crippen LogP contribution >= 0.6 is 23.1 Å². The maximum Gasteiger partial charge on any atom is 0.224 e. The number of benzene rings is 1. The third-order valence-corrected chi connectivity index (χ3v) is 5.67. The summed E-state index contributed by atoms with van der Waals surface area (Å²) in [5.41, 5.74) is 1.64. The van der Waals surface area contributed by atoms with Gasteiger partial charge in [-0.1, -0.05) is 6.07 Å². The third kappa shape index (κ3) is 4.33. The summed E-state index contributed by atoms with van der Waals surface area (Å²) in [7, 11) is 1.62. The third-order valence-electron chi connectivity index (χ3n) is 3.61. The molecule has 0 aliphatic rings. The Hall–Kier alpha value is -1.92. The Kier molecular flexibility index (Phi) is 5.82. The number of hydrogen-bond acceptors (Lipinski definition) is 5. The summed E-state index contributed by atoms with van der Waals surface area (Å²) in [6, 6.07) is 9.83. The van der Waals surface area contributed by atoms with E-state index in [0.717, 1.165) is 33.8 Å². The fraction of sp³-hybridized carbons (Fsp3) is 0.278. The molecule has 0 saturated heterocycles. The van der Waals surface area contributed by atoms with E-state index in [2.05, 4.69) is 22.8 Å². The van der Waals surface area contributed by atoms with Crippen molar-refractivity contribution in [3.63, 3.8) is 0 Å². The van der Waals surface area contributed by atoms with Crippen LogP contribution < -0.4 is 10.1 Å². The molecule has 0 unspecified atom stereocenters. The lowest BCUT2D eigenvalue weighted by molar-refractivity contribution is -0.120. The molecule has 24 heavy (non-hydrogen) atoms. The van der Waals surface area contributed by atoms with Crippen molar-refractivity contribution >= 4 is 40.0 Å². The molecule has 2 heterocycles. The molecule has 0 saturated carbocycles. The van der Waals surface area contributed by atoms with Crippen LogP contribution in [0.1, 0.15) is 10.4 Å². The summed E-state index contributed by atoms with van der Waals surface area (Å²) in [5.74, 6) is 2.68. The van der Waals surface area contributed by atoms with Gasteiger partial charge in [0, 0.05) is 39.9 Å². The van der Waals surface area contributed by atoms with E-state index >= 15 is 0 Å². The van der Waals surface area contributed by atoms with E-state index in [4.69, 9.17) is 9.15 Å². The van der Waals surface area contributed by atoms with Crippen LogP contribution in [-0.4, -0.2) is 25.3 Å². The van der Waals surface area contributed by atoms with Crippen LogP contribution in [0.15, 0.2) is 46.4 Å². The molecule has 3 rings (SSSR count). The maximum absolute atomic E-state index is 12.1. The molecule has 1 amide bonds. The monoisotopic (exact) mass is 361 g/mol. The molecule has 1 aromatic carbocycles. The summed E-state index contributed by atoms with van der Waals surface area (Å²) in [4.78, 5) is 13.5. The largest absolute Gasteiger partial charge is 0.497 e. The fourth-order valence-corrected chi connectivity index (χ4v) is 4.09. The number of rotatable bonds is 8. The Morgan fingerprint density at radius 1 is 1.38 bits per heavy atom. The number of hydrogen-bond donors (Lipinski definition) is 1. The van der Waals surface area contributed by atoms with Gasteiger partial charge in [0.25, 0.3) is 0 Å². The Bertz CT molecular complexity index is 796. The van der Waals surface area contributed by atoms with E-state index in [9.17, 15) is 4.79 Å². The molecular formula is C18H19NO3S2. The molecule has 0 fully saturated rings. The van der Waals surface area contributed by atoms with Crippen LogP contribution in [0.2, 0.25) is 0 Å². The second-order valence-corrected chi connectivity index (χ2v) is 7.42. The molecule has 0 bridgehead atoms. The van der Waals surface area contributed by atoms with Gasteiger partial charge in [-0.3, -0.25) is 4.79 Å². The summed E-state index contributed by atoms with van der Waals surface area (Å²) >= 11 is 3.60. The van der Waals surface area contributed by atoms with Crippen molar-refractivity contribution in [2.24, 2.45) is 0 Å². The standard InChI is InChI=1S/C18H19NO3S2/c1-21-14-4-5-16-13(11-22-17(16)10-14)9-18(20)19-6-8-23-12-15-3-2-7-24-15/h2-5,7,10-11H,6,8-9,12H2,1H3,(H,19,20). The first-order valence-electron chi connectivity index (χ1n) is 7.67. The van der Waals surface area contributed by atoms with Crippen LogP contribution in [0, 0.1) is 0 Å². The maximum atomic E-state index is 12.1. The number of thioether (sulfide) groups is 1. The van der Waals surface area contributed by atoms with Crippen molar-refractivity contribution in [2.75, 3.05) is 19.4 Å². The highest BCUT2D eigenvalue weighted by Crippen LogP contribution is 2.25. The molecule has 0 aliphatic carbocycles. The van der Waals surface area contributed by atoms with Gasteiger partial charge in [0.15, 0.2) is 0 Å². The minimum atomic E-state index is 0.0187. The van der Waals surface area contributed by atoms with Gasteiger partial charge in [-0.2, -0.15) is 11.8 Å². The predicted molar refractivity (Wildman–Crippen MR) is 100.0 cm³/mol. The van der Waals surface area contributed by atoms with Crippen molar-refractivity contribution in [1.82, 2.24) is 5.32 Å². The summed E-state index contributed by atoms with van der Waals surface area (Å²) in [5, 5.41) is 6.01. The van der Waals surface area contributed by atoms with Crippen LogP contribution in [0.5, 0.6) is 5.75 Å². The summed E-state index contributed by atoms with van der Waals surface area (Å²) in [6.07, 6.45) is 1.98. The van der Waals surface area contributed by atoms with Gasteiger partial charge in [-0.25, -0.2) is 0 Å². The van der Waals surface area contributed by atoms with E-state index in [1.54, 1.807) is 24.7 Å². The second kappa shape index (κ2) is 8.26. The Morgan fingerprint density at radius 2 is 2.29 bits per heavy atom. The lowest BCUT2D eigenvalue weighted by atomic mass is 10.1. The zero-order valence-electron chi connectivity index (χ0n) is 13.4. The van der Waals surface area contributed by atoms with Crippen molar-refractivity contribution < 1.29 is 13.9 Å². The number of amides is 1. The van der Waals surface area contributed by atoms with Crippen LogP contribution in [0.4, 0.5) is 0 Å². The molecule has 1 N–H and O–H groups in total. The Balaban J connectivity index is 1.45. The highest BCUT2D eigenvalue weighted by atomic mass is 32.2. The molecule has 2 aromatic heterocycles. The van der Waals surface area contributed by atoms with E-state index in [0.29, 0.717) is 13.0 Å². The van der Waals surface area contributed by atoms with Gasteiger partial charge >= 0.3 is 0 Å². The number of carbonyl (C=O) groups is 1. The first-order chi connectivity index (χ1) is 11.8. The Morgan fingerprint density at radius 3 is 3.08 bits per heavy atom. The summed E-state index contributed by atoms with van der Waals surface area (Å²) < 4.78 is 10.7. The van der Waals surface area contributed by atoms with Crippen molar-refractivity contribution in [2.45, 2.75) is 12.2 Å². The molecule has 6 heteroatoms. The van der Waals surface area contributed by atoms with Gasteiger partial charge in [0.2, 0.25) is 5.91 Å². The zero-order chi connectivity index (χ0) is 16.8.